The van der Waals surface area contributed by atoms with E-state index in [1.54, 1.807) is 4.68 Å². The third-order valence-corrected chi connectivity index (χ3v) is 3.13. The van der Waals surface area contributed by atoms with Crippen LogP contribution >= 0.6 is 15.9 Å². The van der Waals surface area contributed by atoms with Crippen molar-refractivity contribution in [2.45, 2.75) is 26.8 Å². The van der Waals surface area contributed by atoms with Crippen molar-refractivity contribution in [2.24, 2.45) is 0 Å². The maximum atomic E-state index is 11.9. The van der Waals surface area contributed by atoms with Gasteiger partial charge in [0.1, 0.15) is 0 Å². The lowest BCUT2D eigenvalue weighted by atomic mass is 10.2. The molecule has 0 saturated carbocycles. The van der Waals surface area contributed by atoms with Gasteiger partial charge in [0.05, 0.1) is 11.4 Å². The quantitative estimate of drug-likeness (QED) is 0.944. The normalized spacial score (nSPS) is 10.8. The van der Waals surface area contributed by atoms with Crippen molar-refractivity contribution in [1.29, 1.82) is 0 Å². The van der Waals surface area contributed by atoms with Gasteiger partial charge in [-0.1, -0.05) is 21.1 Å². The molecule has 1 aromatic heterocycles. The molecule has 1 heterocycles. The van der Waals surface area contributed by atoms with Crippen molar-refractivity contribution in [1.82, 2.24) is 20.3 Å². The van der Waals surface area contributed by atoms with E-state index in [1.807, 2.05) is 45.0 Å². The molecule has 2 rings (SSSR count). The summed E-state index contributed by atoms with van der Waals surface area (Å²) in [6, 6.07) is 7.74. The molecule has 2 aromatic rings. The zero-order chi connectivity index (χ0) is 14.0. The molecule has 100 valence electrons. The van der Waals surface area contributed by atoms with Gasteiger partial charge in [-0.15, -0.1) is 5.10 Å². The number of benzene rings is 1. The van der Waals surface area contributed by atoms with Gasteiger partial charge in [0.2, 0.25) is 0 Å². The van der Waals surface area contributed by atoms with Gasteiger partial charge < -0.3 is 5.32 Å². The summed E-state index contributed by atoms with van der Waals surface area (Å²) in [5, 5.41) is 10.8. The van der Waals surface area contributed by atoms with Crippen LogP contribution in [0.3, 0.4) is 0 Å². The monoisotopic (exact) mass is 322 g/mol. The molecule has 1 N–H and O–H groups in total. The summed E-state index contributed by atoms with van der Waals surface area (Å²) in [6.07, 6.45) is 0. The van der Waals surface area contributed by atoms with Crippen LogP contribution in [0.4, 0.5) is 0 Å². The summed E-state index contributed by atoms with van der Waals surface area (Å²) in [5.74, 6) is -0.198. The molecule has 0 aliphatic heterocycles. The van der Waals surface area contributed by atoms with Crippen LogP contribution in [0.15, 0.2) is 28.7 Å². The van der Waals surface area contributed by atoms with Crippen LogP contribution in [-0.2, 0) is 0 Å². The van der Waals surface area contributed by atoms with E-state index in [9.17, 15) is 4.79 Å². The number of carbonyl (C=O) groups excluding carboxylic acids is 1. The lowest BCUT2D eigenvalue weighted by Crippen LogP contribution is -2.30. The van der Waals surface area contributed by atoms with Crippen LogP contribution in [0, 0.1) is 6.92 Å². The Balaban J connectivity index is 2.32. The van der Waals surface area contributed by atoms with Gasteiger partial charge in [-0.2, -0.15) is 0 Å². The van der Waals surface area contributed by atoms with Crippen molar-refractivity contribution in [3.05, 3.63) is 40.1 Å². The van der Waals surface area contributed by atoms with Gasteiger partial charge in [-0.3, -0.25) is 4.79 Å². The zero-order valence-electron chi connectivity index (χ0n) is 11.0. The van der Waals surface area contributed by atoms with Gasteiger partial charge in [0.25, 0.3) is 5.91 Å². The first-order chi connectivity index (χ1) is 8.99. The van der Waals surface area contributed by atoms with E-state index in [0.29, 0.717) is 5.69 Å². The number of rotatable bonds is 3. The minimum atomic E-state index is -0.198. The van der Waals surface area contributed by atoms with Crippen LogP contribution in [0.2, 0.25) is 0 Å². The SMILES string of the molecule is Cc1c(C(=O)NC(C)C)nnn1-c1ccc(Br)cc1. The zero-order valence-corrected chi connectivity index (χ0v) is 12.6. The Morgan fingerprint density at radius 2 is 1.95 bits per heavy atom. The lowest BCUT2D eigenvalue weighted by Gasteiger charge is -2.07. The van der Waals surface area contributed by atoms with Crippen molar-refractivity contribution in [3.8, 4) is 5.69 Å². The van der Waals surface area contributed by atoms with Gasteiger partial charge in [0, 0.05) is 10.5 Å². The van der Waals surface area contributed by atoms with E-state index in [-0.39, 0.29) is 11.9 Å². The highest BCUT2D eigenvalue weighted by atomic mass is 79.9. The Kier molecular flexibility index (Phi) is 3.99. The molecule has 0 saturated heterocycles. The molecule has 0 spiro atoms. The number of carbonyl (C=O) groups is 1. The third kappa shape index (κ3) is 3.01. The van der Waals surface area contributed by atoms with Gasteiger partial charge in [-0.05, 0) is 45.0 Å². The molecule has 1 amide bonds. The molecule has 0 fully saturated rings. The maximum absolute atomic E-state index is 11.9. The van der Waals surface area contributed by atoms with Crippen molar-refractivity contribution < 1.29 is 4.79 Å². The van der Waals surface area contributed by atoms with Crippen LogP contribution in [0.25, 0.3) is 5.69 Å². The first-order valence-electron chi connectivity index (χ1n) is 5.98. The van der Waals surface area contributed by atoms with Gasteiger partial charge >= 0.3 is 0 Å². The predicted octanol–water partition coefficient (Wildman–Crippen LogP) is 2.48. The van der Waals surface area contributed by atoms with Crippen molar-refractivity contribution >= 4 is 21.8 Å². The number of nitrogens with one attached hydrogen (secondary N) is 1. The van der Waals surface area contributed by atoms with Crippen LogP contribution in [0.5, 0.6) is 0 Å². The Morgan fingerprint density at radius 1 is 1.32 bits per heavy atom. The van der Waals surface area contributed by atoms with E-state index in [0.717, 1.165) is 15.9 Å². The molecule has 0 atom stereocenters. The smallest absolute Gasteiger partial charge is 0.273 e. The highest BCUT2D eigenvalue weighted by Gasteiger charge is 2.17. The summed E-state index contributed by atoms with van der Waals surface area (Å²) >= 11 is 3.38. The fourth-order valence-electron chi connectivity index (χ4n) is 1.70. The molecule has 5 nitrogen and oxygen atoms in total. The Bertz CT molecular complexity index is 589. The molecule has 0 radical (unpaired) electrons. The third-order valence-electron chi connectivity index (χ3n) is 2.60. The second-order valence-corrected chi connectivity index (χ2v) is 5.46. The van der Waals surface area contributed by atoms with Crippen LogP contribution in [0.1, 0.15) is 30.0 Å². The highest BCUT2D eigenvalue weighted by molar-refractivity contribution is 9.10. The van der Waals surface area contributed by atoms with E-state index in [1.165, 1.54) is 0 Å². The fourth-order valence-corrected chi connectivity index (χ4v) is 1.96. The second-order valence-electron chi connectivity index (χ2n) is 4.54. The molecule has 6 heteroatoms. The molecule has 0 unspecified atom stereocenters. The summed E-state index contributed by atoms with van der Waals surface area (Å²) in [7, 11) is 0. The molecule has 1 aromatic carbocycles. The number of halogens is 1. The summed E-state index contributed by atoms with van der Waals surface area (Å²) < 4.78 is 2.65. The largest absolute Gasteiger partial charge is 0.348 e. The van der Waals surface area contributed by atoms with E-state index < -0.39 is 0 Å². The molecular weight excluding hydrogens is 308 g/mol. The van der Waals surface area contributed by atoms with Crippen molar-refractivity contribution in [3.63, 3.8) is 0 Å². The molecule has 0 aliphatic carbocycles. The highest BCUT2D eigenvalue weighted by Crippen LogP contribution is 2.16. The topological polar surface area (TPSA) is 59.8 Å². The number of aromatic nitrogens is 3. The summed E-state index contributed by atoms with van der Waals surface area (Å²) in [6.45, 7) is 5.65. The molecule has 0 aliphatic rings. The van der Waals surface area contributed by atoms with Crippen molar-refractivity contribution in [2.75, 3.05) is 0 Å². The molecular formula is C13H15BrN4O. The predicted molar refractivity (Wildman–Crippen MR) is 76.4 cm³/mol. The average molecular weight is 323 g/mol. The molecule has 0 bridgehead atoms. The average Bonchev–Trinajstić information content (AvgIpc) is 2.71. The second kappa shape index (κ2) is 5.52. The first-order valence-corrected chi connectivity index (χ1v) is 6.77. The summed E-state index contributed by atoms with van der Waals surface area (Å²) in [5.41, 5.74) is 1.95. The molecule has 19 heavy (non-hydrogen) atoms. The van der Waals surface area contributed by atoms with Crippen LogP contribution < -0.4 is 5.32 Å². The van der Waals surface area contributed by atoms with E-state index in [2.05, 4.69) is 31.6 Å². The van der Waals surface area contributed by atoms with Gasteiger partial charge in [0.15, 0.2) is 5.69 Å². The summed E-state index contributed by atoms with van der Waals surface area (Å²) in [4.78, 5) is 11.9. The Morgan fingerprint density at radius 3 is 2.53 bits per heavy atom. The van der Waals surface area contributed by atoms with E-state index in [4.69, 9.17) is 0 Å². The lowest BCUT2D eigenvalue weighted by molar-refractivity contribution is 0.0937. The number of hydrogen-bond acceptors (Lipinski definition) is 3. The minimum Gasteiger partial charge on any atom is -0.348 e. The Hall–Kier alpha value is -1.69. The minimum absolute atomic E-state index is 0.0738. The number of hydrogen-bond donors (Lipinski definition) is 1. The standard InChI is InChI=1S/C13H15BrN4O/c1-8(2)15-13(19)12-9(3)18(17-16-12)11-6-4-10(14)5-7-11/h4-8H,1-3H3,(H,15,19). The van der Waals surface area contributed by atoms with E-state index >= 15 is 0 Å². The fraction of sp³-hybridized carbons (Fsp3) is 0.308. The first kappa shape index (κ1) is 13.7. The maximum Gasteiger partial charge on any atom is 0.273 e. The number of nitrogens with zero attached hydrogens (tertiary/aromatic N) is 3. The Labute approximate surface area is 120 Å². The van der Waals surface area contributed by atoms with Gasteiger partial charge in [-0.25, -0.2) is 4.68 Å². The number of amides is 1. The van der Waals surface area contributed by atoms with Crippen LogP contribution in [-0.4, -0.2) is 26.9 Å².